The first kappa shape index (κ1) is 14.7. The number of halogens is 1. The fourth-order valence-corrected chi connectivity index (χ4v) is 3.32. The van der Waals surface area contributed by atoms with E-state index in [1.54, 1.807) is 6.20 Å². The van der Waals surface area contributed by atoms with Crippen LogP contribution in [0.1, 0.15) is 17.0 Å². The number of fused-ring (bicyclic) bond motifs is 3. The van der Waals surface area contributed by atoms with Crippen molar-refractivity contribution >= 4 is 26.8 Å². The zero-order valence-electron chi connectivity index (χ0n) is 12.5. The number of allylic oxidation sites excluding steroid dienone is 1. The van der Waals surface area contributed by atoms with Crippen molar-refractivity contribution in [2.75, 3.05) is 0 Å². The molecule has 1 unspecified atom stereocenters. The van der Waals surface area contributed by atoms with Crippen molar-refractivity contribution in [3.05, 3.63) is 81.8 Å². The Hall–Kier alpha value is -2.84. The topological polar surface area (TPSA) is 71.9 Å². The lowest BCUT2D eigenvalue weighted by Gasteiger charge is -2.27. The Morgan fingerprint density at radius 3 is 2.67 bits per heavy atom. The summed E-state index contributed by atoms with van der Waals surface area (Å²) in [4.78, 5) is 4.43. The van der Waals surface area contributed by atoms with E-state index in [1.165, 1.54) is 0 Å². The molecule has 1 aliphatic heterocycles. The van der Waals surface area contributed by atoms with Crippen LogP contribution in [0.5, 0.6) is 5.75 Å². The number of benzene rings is 2. The summed E-state index contributed by atoms with van der Waals surface area (Å²) in [5, 5.41) is 10.6. The second-order valence-electron chi connectivity index (χ2n) is 5.54. The molecule has 0 spiro atoms. The number of hydrogen-bond acceptors (Lipinski definition) is 4. The minimum atomic E-state index is -0.266. The molecule has 0 fully saturated rings. The van der Waals surface area contributed by atoms with E-state index in [9.17, 15) is 5.26 Å². The van der Waals surface area contributed by atoms with Crippen molar-refractivity contribution in [3.63, 3.8) is 0 Å². The Bertz CT molecular complexity index is 1020. The van der Waals surface area contributed by atoms with Gasteiger partial charge in [-0.2, -0.15) is 5.26 Å². The van der Waals surface area contributed by atoms with Gasteiger partial charge in [0.2, 0.25) is 5.88 Å². The van der Waals surface area contributed by atoms with Crippen LogP contribution in [0.2, 0.25) is 0 Å². The zero-order valence-corrected chi connectivity index (χ0v) is 14.1. The van der Waals surface area contributed by atoms with Crippen molar-refractivity contribution in [2.45, 2.75) is 5.92 Å². The summed E-state index contributed by atoms with van der Waals surface area (Å²) in [6.45, 7) is 0. The van der Waals surface area contributed by atoms with Crippen molar-refractivity contribution in [3.8, 4) is 11.8 Å². The van der Waals surface area contributed by atoms with Crippen LogP contribution < -0.4 is 10.5 Å². The van der Waals surface area contributed by atoms with Crippen molar-refractivity contribution in [2.24, 2.45) is 5.73 Å². The molecule has 4 rings (SSSR count). The second kappa shape index (κ2) is 5.66. The Morgan fingerprint density at radius 2 is 1.92 bits per heavy atom. The predicted octanol–water partition coefficient (Wildman–Crippen LogP) is 4.22. The maximum absolute atomic E-state index is 9.59. The minimum absolute atomic E-state index is 0.135. The molecule has 1 aromatic heterocycles. The quantitative estimate of drug-likeness (QED) is 0.688. The number of nitrogens with zero attached hydrogens (tertiary/aromatic N) is 2. The molecule has 0 amide bonds. The van der Waals surface area contributed by atoms with Crippen LogP contribution in [0.3, 0.4) is 0 Å². The van der Waals surface area contributed by atoms with Gasteiger partial charge in [0.1, 0.15) is 17.2 Å². The molecule has 1 aliphatic rings. The molecule has 3 aromatic rings. The summed E-state index contributed by atoms with van der Waals surface area (Å²) >= 11 is 3.44. The van der Waals surface area contributed by atoms with E-state index in [0.29, 0.717) is 11.3 Å². The number of aromatic nitrogens is 1. The van der Waals surface area contributed by atoms with Gasteiger partial charge >= 0.3 is 0 Å². The number of nitrogens with two attached hydrogens (primary N) is 1. The van der Waals surface area contributed by atoms with Crippen LogP contribution >= 0.6 is 15.9 Å². The largest absolute Gasteiger partial charge is 0.438 e. The van der Waals surface area contributed by atoms with Gasteiger partial charge in [0.05, 0.1) is 5.92 Å². The van der Waals surface area contributed by atoms with Gasteiger partial charge in [-0.05, 0) is 23.8 Å². The van der Waals surface area contributed by atoms with Gasteiger partial charge in [-0.25, -0.2) is 0 Å². The normalized spacial score (nSPS) is 16.4. The van der Waals surface area contributed by atoms with Gasteiger partial charge in [0, 0.05) is 21.6 Å². The Balaban J connectivity index is 2.00. The van der Waals surface area contributed by atoms with Gasteiger partial charge < -0.3 is 10.5 Å². The van der Waals surface area contributed by atoms with E-state index in [0.717, 1.165) is 26.5 Å². The van der Waals surface area contributed by atoms with E-state index in [1.807, 2.05) is 48.5 Å². The van der Waals surface area contributed by atoms with Gasteiger partial charge in [-0.1, -0.05) is 46.3 Å². The number of rotatable bonds is 1. The number of pyridine rings is 1. The lowest BCUT2D eigenvalue weighted by Crippen LogP contribution is -2.21. The summed E-state index contributed by atoms with van der Waals surface area (Å²) in [6.07, 6.45) is 1.72. The van der Waals surface area contributed by atoms with Crippen LogP contribution in [0.4, 0.5) is 0 Å². The number of nitriles is 1. The van der Waals surface area contributed by atoms with Crippen LogP contribution in [0, 0.1) is 11.3 Å². The maximum Gasteiger partial charge on any atom is 0.205 e. The fourth-order valence-electron chi connectivity index (χ4n) is 3.05. The maximum atomic E-state index is 9.59. The fraction of sp³-hybridized carbons (Fsp3) is 0.0526. The van der Waals surface area contributed by atoms with Crippen molar-refractivity contribution < 1.29 is 4.74 Å². The van der Waals surface area contributed by atoms with Crippen molar-refractivity contribution in [1.29, 1.82) is 5.26 Å². The third-order valence-corrected chi connectivity index (χ3v) is 4.69. The Morgan fingerprint density at radius 1 is 1.12 bits per heavy atom. The monoisotopic (exact) mass is 377 g/mol. The standard InChI is InChI=1S/C19H12BrN3O/c20-13-6-3-11(4-7-13)16-14-8-5-12-2-1-9-23-17(12)18(14)24-19(22)15(16)10-21/h1-9,16H,22H2. The average Bonchev–Trinajstić information content (AvgIpc) is 2.61. The SMILES string of the molecule is N#CC1=C(N)Oc2c(ccc3cccnc23)C1c1ccc(Br)cc1. The molecular formula is C19H12BrN3O. The second-order valence-corrected chi connectivity index (χ2v) is 6.45. The van der Waals surface area contributed by atoms with Crippen molar-refractivity contribution in [1.82, 2.24) is 4.98 Å². The lowest BCUT2D eigenvalue weighted by atomic mass is 9.83. The van der Waals surface area contributed by atoms with Gasteiger partial charge in [0.15, 0.2) is 5.75 Å². The first-order valence-corrected chi connectivity index (χ1v) is 8.19. The Kier molecular flexibility index (Phi) is 3.47. The van der Waals surface area contributed by atoms with Crippen LogP contribution in [-0.4, -0.2) is 4.98 Å². The van der Waals surface area contributed by atoms with E-state index in [2.05, 4.69) is 27.0 Å². The lowest BCUT2D eigenvalue weighted by molar-refractivity contribution is 0.397. The first-order chi connectivity index (χ1) is 11.7. The highest BCUT2D eigenvalue weighted by atomic mass is 79.9. The highest BCUT2D eigenvalue weighted by molar-refractivity contribution is 9.10. The molecule has 2 heterocycles. The van der Waals surface area contributed by atoms with Crippen LogP contribution in [0.15, 0.2) is 70.7 Å². The van der Waals surface area contributed by atoms with E-state index in [-0.39, 0.29) is 11.8 Å². The molecule has 0 radical (unpaired) electrons. The van der Waals surface area contributed by atoms with E-state index < -0.39 is 0 Å². The molecule has 0 saturated heterocycles. The summed E-state index contributed by atoms with van der Waals surface area (Å²) in [5.74, 6) is 0.492. The third-order valence-electron chi connectivity index (χ3n) is 4.16. The summed E-state index contributed by atoms with van der Waals surface area (Å²) in [5.41, 5.74) is 9.10. The third kappa shape index (κ3) is 2.24. The summed E-state index contributed by atoms with van der Waals surface area (Å²) < 4.78 is 6.77. The first-order valence-electron chi connectivity index (χ1n) is 7.39. The molecule has 116 valence electrons. The highest BCUT2D eigenvalue weighted by Gasteiger charge is 2.31. The minimum Gasteiger partial charge on any atom is -0.438 e. The molecule has 0 saturated carbocycles. The van der Waals surface area contributed by atoms with Crippen LogP contribution in [-0.2, 0) is 0 Å². The summed E-state index contributed by atoms with van der Waals surface area (Å²) in [7, 11) is 0. The molecule has 0 aliphatic carbocycles. The molecule has 2 N–H and O–H groups in total. The molecule has 2 aromatic carbocycles. The number of hydrogen-bond donors (Lipinski definition) is 1. The van der Waals surface area contributed by atoms with Gasteiger partial charge in [0.25, 0.3) is 0 Å². The molecule has 0 bridgehead atoms. The zero-order chi connectivity index (χ0) is 16.7. The molecule has 1 atom stereocenters. The summed E-state index contributed by atoms with van der Waals surface area (Å²) in [6, 6.07) is 17.9. The highest BCUT2D eigenvalue weighted by Crippen LogP contribution is 2.44. The molecule has 5 heteroatoms. The van der Waals surface area contributed by atoms with Crippen LogP contribution in [0.25, 0.3) is 10.9 Å². The molecular weight excluding hydrogens is 366 g/mol. The molecule has 24 heavy (non-hydrogen) atoms. The Labute approximate surface area is 147 Å². The van der Waals surface area contributed by atoms with E-state index in [4.69, 9.17) is 10.5 Å². The predicted molar refractivity (Wildman–Crippen MR) is 95.2 cm³/mol. The average molecular weight is 378 g/mol. The number of ether oxygens (including phenoxy) is 1. The molecule has 4 nitrogen and oxygen atoms in total. The van der Waals surface area contributed by atoms with E-state index >= 15 is 0 Å². The van der Waals surface area contributed by atoms with Gasteiger partial charge in [-0.3, -0.25) is 4.98 Å². The van der Waals surface area contributed by atoms with Gasteiger partial charge in [-0.15, -0.1) is 0 Å². The smallest absolute Gasteiger partial charge is 0.205 e.